The Hall–Kier alpha value is -4.09. The number of carbonyl (C=O) groups is 2. The molecule has 4 aromatic rings. The number of hydrogen-bond donors (Lipinski definition) is 4. The van der Waals surface area contributed by atoms with Crippen molar-refractivity contribution in [1.29, 1.82) is 0 Å². The lowest BCUT2D eigenvalue weighted by atomic mass is 9.98. The van der Waals surface area contributed by atoms with Gasteiger partial charge in [0.1, 0.15) is 16.4 Å². The van der Waals surface area contributed by atoms with Gasteiger partial charge in [-0.15, -0.1) is 11.3 Å². The van der Waals surface area contributed by atoms with Gasteiger partial charge in [-0.2, -0.15) is 0 Å². The van der Waals surface area contributed by atoms with Crippen LogP contribution in [0.25, 0.3) is 32.6 Å². The van der Waals surface area contributed by atoms with Crippen molar-refractivity contribution >= 4 is 40.1 Å². The molecule has 1 fully saturated rings. The van der Waals surface area contributed by atoms with Crippen LogP contribution in [0.4, 0.5) is 10.6 Å². The van der Waals surface area contributed by atoms with Gasteiger partial charge in [0.15, 0.2) is 0 Å². The Morgan fingerprint density at radius 3 is 2.63 bits per heavy atom. The molecule has 0 bridgehead atoms. The number of carboxylic acid groups (broad SMARTS) is 1. The molecule has 1 atom stereocenters. The molecule has 4 N–H and O–H groups in total. The Morgan fingerprint density at radius 1 is 1.20 bits per heavy atom. The third-order valence-electron chi connectivity index (χ3n) is 7.15. The predicted molar refractivity (Wildman–Crippen MR) is 160 cm³/mol. The number of carboxylic acids is 1. The van der Waals surface area contributed by atoms with Crippen molar-refractivity contribution in [2.45, 2.75) is 52.0 Å². The van der Waals surface area contributed by atoms with Crippen molar-refractivity contribution in [3.8, 4) is 21.7 Å². The minimum atomic E-state index is -1.32. The highest BCUT2D eigenvalue weighted by atomic mass is 32.1. The summed E-state index contributed by atoms with van der Waals surface area (Å²) in [6.07, 6.45) is 5.80. The Morgan fingerprint density at radius 2 is 1.98 bits per heavy atom. The van der Waals surface area contributed by atoms with Crippen molar-refractivity contribution in [2.75, 3.05) is 18.5 Å². The van der Waals surface area contributed by atoms with Gasteiger partial charge in [0, 0.05) is 46.7 Å². The lowest BCUT2D eigenvalue weighted by Crippen LogP contribution is -2.28. The maximum absolute atomic E-state index is 13.4. The van der Waals surface area contributed by atoms with E-state index in [-0.39, 0.29) is 29.5 Å². The van der Waals surface area contributed by atoms with Gasteiger partial charge in [-0.05, 0) is 55.9 Å². The van der Waals surface area contributed by atoms with Crippen molar-refractivity contribution in [1.82, 2.24) is 19.9 Å². The van der Waals surface area contributed by atoms with Crippen LogP contribution in [0.15, 0.2) is 46.8 Å². The number of aromatic nitrogens is 3. The summed E-state index contributed by atoms with van der Waals surface area (Å²) in [4.78, 5) is 46.9. The highest BCUT2D eigenvalue weighted by molar-refractivity contribution is 7.13. The number of urea groups is 1. The van der Waals surface area contributed by atoms with Gasteiger partial charge in [-0.3, -0.25) is 10.1 Å². The standard InChI is InChI=1S/C30H33N5O5S/c1-4-31-30(40)34-26-11-20(28-33-24(15-41-28)17-5-6-17)22(12-32-26)18-7-8-25-21(10-18)27(37)23(29(38)39)13-35(25)19(14-36)9-16(2)3/h7-8,10-13,15-17,19,36H,4-6,9,14H2,1-3H3,(H,38,39)(H2,31,32,34,40)/t19-/m0/s1. The second-order valence-electron chi connectivity index (χ2n) is 10.7. The Bertz CT molecular complexity index is 1670. The third-order valence-corrected chi connectivity index (χ3v) is 8.05. The lowest BCUT2D eigenvalue weighted by Gasteiger charge is -2.23. The number of aliphatic hydroxyl groups is 1. The van der Waals surface area contributed by atoms with E-state index in [0.717, 1.165) is 29.1 Å². The first-order chi connectivity index (χ1) is 19.7. The second-order valence-corrected chi connectivity index (χ2v) is 11.6. The minimum absolute atomic E-state index is 0.196. The number of pyridine rings is 2. The number of amides is 2. The zero-order valence-electron chi connectivity index (χ0n) is 23.2. The number of aromatic carboxylic acids is 1. The number of benzene rings is 1. The quantitative estimate of drug-likeness (QED) is 0.196. The Balaban J connectivity index is 1.67. The predicted octanol–water partition coefficient (Wildman–Crippen LogP) is 5.48. The number of nitrogens with one attached hydrogen (secondary N) is 2. The average Bonchev–Trinajstić information content (AvgIpc) is 3.68. The molecule has 1 aliphatic carbocycles. The number of rotatable bonds is 10. The van der Waals surface area contributed by atoms with E-state index in [0.29, 0.717) is 41.3 Å². The van der Waals surface area contributed by atoms with Crippen LogP contribution in [0.1, 0.15) is 68.0 Å². The van der Waals surface area contributed by atoms with E-state index < -0.39 is 17.4 Å². The number of anilines is 1. The van der Waals surface area contributed by atoms with Crippen LogP contribution in [0, 0.1) is 5.92 Å². The molecular weight excluding hydrogens is 542 g/mol. The van der Waals surface area contributed by atoms with Gasteiger partial charge in [-0.1, -0.05) is 19.9 Å². The number of thiazole rings is 1. The summed E-state index contributed by atoms with van der Waals surface area (Å²) in [7, 11) is 0. The molecule has 11 heteroatoms. The average molecular weight is 576 g/mol. The molecule has 3 heterocycles. The fourth-order valence-corrected chi connectivity index (χ4v) is 5.96. The number of nitrogens with zero attached hydrogens (tertiary/aromatic N) is 3. The summed E-state index contributed by atoms with van der Waals surface area (Å²) in [6.45, 7) is 6.14. The molecule has 10 nitrogen and oxygen atoms in total. The number of carbonyl (C=O) groups excluding carboxylic acids is 1. The number of fused-ring (bicyclic) bond motifs is 1. The van der Waals surface area contributed by atoms with E-state index in [1.165, 1.54) is 17.5 Å². The van der Waals surface area contributed by atoms with E-state index in [4.69, 9.17) is 4.98 Å². The summed E-state index contributed by atoms with van der Waals surface area (Å²) in [6, 6.07) is 6.31. The lowest BCUT2D eigenvalue weighted by molar-refractivity contribution is 0.0694. The summed E-state index contributed by atoms with van der Waals surface area (Å²) < 4.78 is 1.70. The highest BCUT2D eigenvalue weighted by Gasteiger charge is 2.27. The summed E-state index contributed by atoms with van der Waals surface area (Å²) in [5.41, 5.74) is 2.72. The van der Waals surface area contributed by atoms with Gasteiger partial charge in [0.2, 0.25) is 5.43 Å². The molecule has 1 aromatic carbocycles. The Labute approximate surface area is 241 Å². The summed E-state index contributed by atoms with van der Waals surface area (Å²) in [5, 5.41) is 28.5. The second kappa shape index (κ2) is 11.8. The molecule has 0 aliphatic heterocycles. The van der Waals surface area contributed by atoms with Crippen LogP contribution in [-0.2, 0) is 0 Å². The first kappa shape index (κ1) is 28.4. The van der Waals surface area contributed by atoms with Crippen LogP contribution < -0.4 is 16.1 Å². The third kappa shape index (κ3) is 6.01. The number of hydrogen-bond acceptors (Lipinski definition) is 7. The highest BCUT2D eigenvalue weighted by Crippen LogP contribution is 2.43. The molecule has 214 valence electrons. The monoisotopic (exact) mass is 575 g/mol. The molecule has 2 amide bonds. The number of aliphatic hydroxyl groups excluding tert-OH is 1. The van der Waals surface area contributed by atoms with Gasteiger partial charge in [0.25, 0.3) is 0 Å². The summed E-state index contributed by atoms with van der Waals surface area (Å²) in [5.74, 6) is -0.255. The molecule has 1 aliphatic rings. The van der Waals surface area contributed by atoms with E-state index in [1.54, 1.807) is 29.0 Å². The maximum Gasteiger partial charge on any atom is 0.341 e. The van der Waals surface area contributed by atoms with Gasteiger partial charge >= 0.3 is 12.0 Å². The van der Waals surface area contributed by atoms with Crippen LogP contribution >= 0.6 is 11.3 Å². The first-order valence-corrected chi connectivity index (χ1v) is 14.6. The molecule has 1 saturated carbocycles. The van der Waals surface area contributed by atoms with Gasteiger partial charge in [0.05, 0.1) is 23.9 Å². The van der Waals surface area contributed by atoms with Crippen molar-refractivity contribution in [3.63, 3.8) is 0 Å². The van der Waals surface area contributed by atoms with Crippen molar-refractivity contribution < 1.29 is 19.8 Å². The SMILES string of the molecule is CCNC(=O)Nc1cc(-c2nc(C3CC3)cs2)c(-c2ccc3c(c2)c(=O)c(C(=O)O)cn3[C@H](CO)CC(C)C)cn1. The topological polar surface area (TPSA) is 146 Å². The van der Waals surface area contributed by atoms with Gasteiger partial charge in [-0.25, -0.2) is 19.6 Å². The van der Waals surface area contributed by atoms with Crippen LogP contribution in [0.3, 0.4) is 0 Å². The zero-order valence-corrected chi connectivity index (χ0v) is 24.0. The van der Waals surface area contributed by atoms with Crippen molar-refractivity contribution in [2.24, 2.45) is 5.92 Å². The molecule has 0 spiro atoms. The van der Waals surface area contributed by atoms with E-state index >= 15 is 0 Å². The van der Waals surface area contributed by atoms with Gasteiger partial charge < -0.3 is 20.1 Å². The summed E-state index contributed by atoms with van der Waals surface area (Å²) >= 11 is 1.51. The first-order valence-electron chi connectivity index (χ1n) is 13.7. The molecule has 41 heavy (non-hydrogen) atoms. The van der Waals surface area contributed by atoms with Crippen LogP contribution in [0.2, 0.25) is 0 Å². The molecule has 0 saturated heterocycles. The molecule has 0 unspecified atom stereocenters. The van der Waals surface area contributed by atoms with E-state index in [9.17, 15) is 24.6 Å². The fourth-order valence-electron chi connectivity index (χ4n) is 5.03. The van der Waals surface area contributed by atoms with Crippen LogP contribution in [0.5, 0.6) is 0 Å². The zero-order chi connectivity index (χ0) is 29.3. The maximum atomic E-state index is 13.4. The smallest absolute Gasteiger partial charge is 0.341 e. The molecule has 5 rings (SSSR count). The van der Waals surface area contributed by atoms with Crippen molar-refractivity contribution in [3.05, 3.63) is 63.5 Å². The Kier molecular flexibility index (Phi) is 8.18. The minimum Gasteiger partial charge on any atom is -0.477 e. The van der Waals surface area contributed by atoms with E-state index in [1.807, 2.05) is 26.8 Å². The largest absolute Gasteiger partial charge is 0.477 e. The van der Waals surface area contributed by atoms with E-state index in [2.05, 4.69) is 21.0 Å². The molecule has 0 radical (unpaired) electrons. The fraction of sp³-hybridized carbons (Fsp3) is 0.367. The normalized spacial score (nSPS) is 13.9. The molecular formula is C30H33N5O5S. The molecule has 3 aromatic heterocycles. The van der Waals surface area contributed by atoms with Crippen LogP contribution in [-0.4, -0.2) is 49.9 Å².